The van der Waals surface area contributed by atoms with Crippen LogP contribution in [0.3, 0.4) is 0 Å². The molecule has 0 fully saturated rings. The molecule has 0 aliphatic rings. The Morgan fingerprint density at radius 3 is 2.07 bits per heavy atom. The smallest absolute Gasteiger partial charge is 0.214 e. The topological polar surface area (TPSA) is 80.3 Å². The molecule has 14 heavy (non-hydrogen) atoms. The Hall–Kier alpha value is -0.150. The number of thiophene rings is 1. The minimum atomic E-state index is -3.85. The second-order valence-electron chi connectivity index (χ2n) is 2.22. The minimum absolute atomic E-state index is 0.0841. The first kappa shape index (κ1) is 11.9. The molecular weight excluding hydrogens is 270 g/mol. The molecule has 1 aromatic rings. The van der Waals surface area contributed by atoms with Crippen LogP contribution < -0.4 is 4.72 Å². The van der Waals surface area contributed by atoms with E-state index < -0.39 is 19.1 Å². The van der Waals surface area contributed by atoms with E-state index in [1.807, 2.05) is 0 Å². The van der Waals surface area contributed by atoms with E-state index in [2.05, 4.69) is 4.72 Å². The first-order chi connectivity index (χ1) is 6.27. The van der Waals surface area contributed by atoms with Crippen molar-refractivity contribution in [2.75, 3.05) is 7.05 Å². The van der Waals surface area contributed by atoms with Gasteiger partial charge in [0.1, 0.15) is 8.42 Å². The number of hydrogen-bond acceptors (Lipinski definition) is 5. The summed E-state index contributed by atoms with van der Waals surface area (Å²) >= 11 is 0.601. The van der Waals surface area contributed by atoms with Gasteiger partial charge in [-0.25, -0.2) is 21.6 Å². The van der Waals surface area contributed by atoms with Crippen LogP contribution in [-0.2, 0) is 19.1 Å². The summed E-state index contributed by atoms with van der Waals surface area (Å²) in [4.78, 5) is 0. The van der Waals surface area contributed by atoms with Crippen molar-refractivity contribution < 1.29 is 16.8 Å². The highest BCUT2D eigenvalue weighted by atomic mass is 35.7. The summed E-state index contributed by atoms with van der Waals surface area (Å²) in [5.74, 6) is 0. The third-order valence-electron chi connectivity index (χ3n) is 1.33. The van der Waals surface area contributed by atoms with Gasteiger partial charge in [0.25, 0.3) is 9.05 Å². The van der Waals surface area contributed by atoms with E-state index in [9.17, 15) is 16.8 Å². The monoisotopic (exact) mass is 275 g/mol. The quantitative estimate of drug-likeness (QED) is 0.819. The molecule has 9 heteroatoms. The zero-order valence-corrected chi connectivity index (χ0v) is 10.1. The van der Waals surface area contributed by atoms with Gasteiger partial charge in [0, 0.05) is 10.7 Å². The van der Waals surface area contributed by atoms with Crippen molar-refractivity contribution in [2.24, 2.45) is 0 Å². The van der Waals surface area contributed by atoms with E-state index >= 15 is 0 Å². The Bertz CT molecular complexity index is 529. The second-order valence-corrected chi connectivity index (χ2v) is 8.21. The highest BCUT2D eigenvalue weighted by molar-refractivity contribution is 8.15. The maximum atomic E-state index is 11.2. The van der Waals surface area contributed by atoms with Gasteiger partial charge < -0.3 is 0 Å². The van der Waals surface area contributed by atoms with Crippen LogP contribution in [0.4, 0.5) is 0 Å². The van der Waals surface area contributed by atoms with Crippen molar-refractivity contribution >= 4 is 41.1 Å². The normalized spacial score (nSPS) is 13.0. The summed E-state index contributed by atoms with van der Waals surface area (Å²) in [7, 11) is -1.17. The fourth-order valence-electron chi connectivity index (χ4n) is 0.679. The van der Waals surface area contributed by atoms with Crippen LogP contribution in [0.5, 0.6) is 0 Å². The Kier molecular flexibility index (Phi) is 3.22. The lowest BCUT2D eigenvalue weighted by Crippen LogP contribution is -2.17. The Balaban J connectivity index is 3.27. The van der Waals surface area contributed by atoms with Crippen LogP contribution in [0.25, 0.3) is 0 Å². The van der Waals surface area contributed by atoms with Crippen LogP contribution >= 0.6 is 22.0 Å². The molecule has 0 amide bonds. The highest BCUT2D eigenvalue weighted by Crippen LogP contribution is 2.27. The molecule has 0 saturated carbocycles. The standard InChI is InChI=1S/C5H6ClNO4S3/c1-7-14(10,11)5-3-2-4(12-5)13(6,8)9/h2-3,7H,1H3. The number of rotatable bonds is 3. The molecule has 1 aromatic heterocycles. The summed E-state index contributed by atoms with van der Waals surface area (Å²) in [6, 6.07) is 2.34. The molecule has 5 nitrogen and oxygen atoms in total. The third kappa shape index (κ3) is 2.45. The van der Waals surface area contributed by atoms with Gasteiger partial charge in [-0.05, 0) is 19.2 Å². The van der Waals surface area contributed by atoms with Crippen molar-refractivity contribution in [2.45, 2.75) is 8.42 Å². The van der Waals surface area contributed by atoms with E-state index in [0.29, 0.717) is 11.3 Å². The predicted molar refractivity (Wildman–Crippen MR) is 53.6 cm³/mol. The van der Waals surface area contributed by atoms with Crippen LogP contribution in [-0.4, -0.2) is 23.9 Å². The zero-order chi connectivity index (χ0) is 11.0. The Morgan fingerprint density at radius 1 is 1.21 bits per heavy atom. The maximum Gasteiger partial charge on any atom is 0.270 e. The van der Waals surface area contributed by atoms with Crippen molar-refractivity contribution in [1.29, 1.82) is 0 Å². The number of nitrogens with one attached hydrogen (secondary N) is 1. The molecule has 0 radical (unpaired) electrons. The average molecular weight is 276 g/mol. The number of halogens is 1. The van der Waals surface area contributed by atoms with Gasteiger partial charge in [-0.2, -0.15) is 0 Å². The number of sulfonamides is 1. The van der Waals surface area contributed by atoms with Gasteiger partial charge >= 0.3 is 0 Å². The lowest BCUT2D eigenvalue weighted by atomic mass is 10.7. The van der Waals surface area contributed by atoms with E-state index in [4.69, 9.17) is 10.7 Å². The summed E-state index contributed by atoms with van der Waals surface area (Å²) < 4.78 is 45.8. The van der Waals surface area contributed by atoms with Crippen molar-refractivity contribution in [3.05, 3.63) is 12.1 Å². The molecule has 1 rings (SSSR count). The van der Waals surface area contributed by atoms with E-state index in [1.165, 1.54) is 13.1 Å². The molecule has 0 saturated heterocycles. The highest BCUT2D eigenvalue weighted by Gasteiger charge is 2.19. The molecule has 0 aliphatic heterocycles. The van der Waals surface area contributed by atoms with Crippen molar-refractivity contribution in [1.82, 2.24) is 4.72 Å². The first-order valence-electron chi connectivity index (χ1n) is 3.25. The molecule has 80 valence electrons. The van der Waals surface area contributed by atoms with Crippen LogP contribution in [0, 0.1) is 0 Å². The summed E-state index contributed by atoms with van der Waals surface area (Å²) in [5, 5.41) is 0. The maximum absolute atomic E-state index is 11.2. The first-order valence-corrected chi connectivity index (χ1v) is 7.86. The van der Waals surface area contributed by atoms with E-state index in [1.54, 1.807) is 0 Å². The molecule has 0 aliphatic carbocycles. The van der Waals surface area contributed by atoms with Crippen LogP contribution in [0.1, 0.15) is 0 Å². The molecule has 0 bridgehead atoms. The van der Waals surface area contributed by atoms with Crippen LogP contribution in [0.2, 0.25) is 0 Å². The van der Waals surface area contributed by atoms with E-state index in [0.717, 1.165) is 6.07 Å². The lowest BCUT2D eigenvalue weighted by molar-refractivity contribution is 0.590. The average Bonchev–Trinajstić information content (AvgIpc) is 2.51. The molecule has 0 aromatic carbocycles. The molecule has 1 N–H and O–H groups in total. The van der Waals surface area contributed by atoms with Gasteiger partial charge in [0.05, 0.1) is 0 Å². The van der Waals surface area contributed by atoms with Gasteiger partial charge in [-0.1, -0.05) is 0 Å². The zero-order valence-electron chi connectivity index (χ0n) is 6.89. The fraction of sp³-hybridized carbons (Fsp3) is 0.200. The van der Waals surface area contributed by atoms with Crippen molar-refractivity contribution in [3.8, 4) is 0 Å². The summed E-state index contributed by atoms with van der Waals surface area (Å²) in [5.41, 5.74) is 0. The SMILES string of the molecule is CNS(=O)(=O)c1ccc(S(=O)(=O)Cl)s1. The molecule has 1 heterocycles. The Labute approximate surface area is 90.2 Å². The van der Waals surface area contributed by atoms with Gasteiger partial charge in [0.15, 0.2) is 0 Å². The minimum Gasteiger partial charge on any atom is -0.214 e. The third-order valence-corrected chi connectivity index (χ3v) is 6.41. The molecule has 0 atom stereocenters. The van der Waals surface area contributed by atoms with E-state index in [-0.39, 0.29) is 8.42 Å². The predicted octanol–water partition coefficient (Wildman–Crippen LogP) is 0.584. The largest absolute Gasteiger partial charge is 0.270 e. The summed E-state index contributed by atoms with van der Waals surface area (Å²) in [6.45, 7) is 0. The van der Waals surface area contributed by atoms with Crippen LogP contribution in [0.15, 0.2) is 20.6 Å². The van der Waals surface area contributed by atoms with Gasteiger partial charge in [0.2, 0.25) is 10.0 Å². The fourth-order valence-corrected chi connectivity index (χ4v) is 4.05. The second kappa shape index (κ2) is 3.78. The summed E-state index contributed by atoms with van der Waals surface area (Å²) in [6.07, 6.45) is 0. The van der Waals surface area contributed by atoms with Crippen molar-refractivity contribution in [3.63, 3.8) is 0 Å². The molecule has 0 unspecified atom stereocenters. The Morgan fingerprint density at radius 2 is 1.71 bits per heavy atom. The lowest BCUT2D eigenvalue weighted by Gasteiger charge is -1.95. The molecule has 0 spiro atoms. The van der Waals surface area contributed by atoms with Gasteiger partial charge in [-0.3, -0.25) is 0 Å². The van der Waals surface area contributed by atoms with Gasteiger partial charge in [-0.15, -0.1) is 11.3 Å². The number of hydrogen-bond donors (Lipinski definition) is 1. The molecular formula is C5H6ClNO4S3.